The van der Waals surface area contributed by atoms with Crippen LogP contribution in [0, 0.1) is 0 Å². The van der Waals surface area contributed by atoms with Gasteiger partial charge < -0.3 is 59.1 Å². The van der Waals surface area contributed by atoms with Gasteiger partial charge in [0.05, 0.1) is 91.9 Å². The minimum Gasteiger partial charge on any atom is -0.481 e. The first kappa shape index (κ1) is 57.3. The molecule has 288 valence electrons. The maximum absolute atomic E-state index is 11.1. The fraction of sp³-hybridized carbons (Fsp3) is 0.750. The fourth-order valence-electron chi connectivity index (χ4n) is 1.93. The van der Waals surface area contributed by atoms with Gasteiger partial charge in [-0.2, -0.15) is 0 Å². The molecule has 0 fully saturated rings. The number of aliphatic hydroxyl groups excluding tert-OH is 5. The third-order valence-corrected chi connectivity index (χ3v) is 3.52. The third kappa shape index (κ3) is 74.1. The Bertz CT molecular complexity index is 756. The summed E-state index contributed by atoms with van der Waals surface area (Å²) in [5, 5.41) is 48.2. The molecular weight excluding hydrogens is 640 g/mol. The van der Waals surface area contributed by atoms with Crippen LogP contribution in [0.4, 0.5) is 0 Å². The van der Waals surface area contributed by atoms with Crippen LogP contribution < -0.4 is 0 Å². The van der Waals surface area contributed by atoms with E-state index in [1.165, 1.54) is 6.08 Å². The molecule has 0 saturated heterocycles. The zero-order valence-corrected chi connectivity index (χ0v) is 28.9. The summed E-state index contributed by atoms with van der Waals surface area (Å²) < 4.78 is 29.0. The Morgan fingerprint density at radius 1 is 0.583 bits per heavy atom. The molecule has 0 heterocycles. The molecule has 0 aliphatic rings. The number of carbonyl (C=O) groups is 4. The zero-order chi connectivity index (χ0) is 37.6. The summed E-state index contributed by atoms with van der Waals surface area (Å²) in [5.41, 5.74) is -0.834. The molecule has 16 nitrogen and oxygen atoms in total. The lowest BCUT2D eigenvalue weighted by atomic mass is 10.2. The minimum atomic E-state index is -0.882. The van der Waals surface area contributed by atoms with Crippen LogP contribution in [0.5, 0.6) is 0 Å². The molecule has 0 saturated carbocycles. The number of aliphatic hydroxyl groups is 5. The average molecular weight is 705 g/mol. The Morgan fingerprint density at radius 2 is 0.958 bits per heavy atom. The lowest BCUT2D eigenvalue weighted by Gasteiger charge is -2.19. The van der Waals surface area contributed by atoms with Gasteiger partial charge in [0.25, 0.3) is 0 Å². The van der Waals surface area contributed by atoms with E-state index in [-0.39, 0.29) is 117 Å². The summed E-state index contributed by atoms with van der Waals surface area (Å²) in [7, 11) is 0. The molecular formula is C32H64O16. The molecule has 0 spiro atoms. The normalized spacial score (nSPS) is 9.81. The molecule has 0 amide bonds. The van der Waals surface area contributed by atoms with Gasteiger partial charge in [-0.15, -0.1) is 0 Å². The molecule has 0 atom stereocenters. The summed E-state index contributed by atoms with van der Waals surface area (Å²) in [6.45, 7) is 19.0. The quantitative estimate of drug-likeness (QED) is 0.0366. The predicted octanol–water partition coefficient (Wildman–Crippen LogP) is 1.43. The summed E-state index contributed by atoms with van der Waals surface area (Å²) in [6, 6.07) is 0. The van der Waals surface area contributed by atoms with Crippen molar-refractivity contribution in [3.63, 3.8) is 0 Å². The molecule has 0 unspecified atom stereocenters. The molecule has 0 rings (SSSR count). The van der Waals surface area contributed by atoms with E-state index in [1.54, 1.807) is 0 Å². The standard InChI is InChI=1S/C9H18O4.C8H14O4.C7H12O2.C5H10O4.C2H6O2.CH4/c1-9(2,3)13-8(11)4-6-12-7-5-10;1-2-5-12-8(10)3-6-11-7-4-9;1-5-6(8)9-7(2,3)4;6-2-4-9-3-1-5(7)8;3-1-2-4;/h10H,4-7H2,1-3H3;2,9H,1,3-7H2;5H,1H2,2-4H3;6H,1-4H2,(H,7,8);3-4H,1-2H2;1H4. The summed E-state index contributed by atoms with van der Waals surface area (Å²) in [5.74, 6) is -1.84. The second kappa shape index (κ2) is 42.1. The van der Waals surface area contributed by atoms with E-state index < -0.39 is 17.2 Å². The van der Waals surface area contributed by atoms with Crippen LogP contribution in [0.25, 0.3) is 0 Å². The van der Waals surface area contributed by atoms with Crippen molar-refractivity contribution < 1.29 is 78.2 Å². The highest BCUT2D eigenvalue weighted by molar-refractivity contribution is 5.81. The van der Waals surface area contributed by atoms with Crippen LogP contribution in [-0.4, -0.2) is 145 Å². The molecule has 0 radical (unpaired) electrons. The Hall–Kier alpha value is -2.96. The molecule has 0 aromatic heterocycles. The number of ether oxygens (including phenoxy) is 6. The van der Waals surface area contributed by atoms with Crippen LogP contribution in [0.3, 0.4) is 0 Å². The minimum absolute atomic E-state index is 0. The number of carboxylic acids is 1. The maximum Gasteiger partial charge on any atom is 0.330 e. The SMILES string of the molecule is C.C=CC(=O)OC(C)(C)C.C=CCOC(=O)CCOCCO.CC(C)(C)OC(=O)CCOCCO.O=C(O)CCOCCO.OCCO. The maximum atomic E-state index is 11.1. The van der Waals surface area contributed by atoms with Gasteiger partial charge in [-0.3, -0.25) is 14.4 Å². The molecule has 0 aromatic carbocycles. The van der Waals surface area contributed by atoms with Gasteiger partial charge >= 0.3 is 23.9 Å². The average Bonchev–Trinajstić information content (AvgIpc) is 2.98. The highest BCUT2D eigenvalue weighted by Gasteiger charge is 2.15. The van der Waals surface area contributed by atoms with Crippen molar-refractivity contribution in [1.82, 2.24) is 0 Å². The molecule has 0 aliphatic carbocycles. The topological polar surface area (TPSA) is 245 Å². The first-order valence-electron chi connectivity index (χ1n) is 14.7. The van der Waals surface area contributed by atoms with E-state index in [0.29, 0.717) is 6.61 Å². The highest BCUT2D eigenvalue weighted by Crippen LogP contribution is 2.08. The van der Waals surface area contributed by atoms with Crippen LogP contribution >= 0.6 is 0 Å². The molecule has 0 aromatic rings. The predicted molar refractivity (Wildman–Crippen MR) is 179 cm³/mol. The van der Waals surface area contributed by atoms with Crippen molar-refractivity contribution in [3.05, 3.63) is 25.3 Å². The number of esters is 3. The Kier molecular flexibility index (Phi) is 50.2. The van der Waals surface area contributed by atoms with E-state index in [0.717, 1.165) is 6.08 Å². The van der Waals surface area contributed by atoms with E-state index in [9.17, 15) is 19.2 Å². The lowest BCUT2D eigenvalue weighted by Crippen LogP contribution is -2.24. The van der Waals surface area contributed by atoms with Gasteiger partial charge in [0.2, 0.25) is 0 Å². The van der Waals surface area contributed by atoms with Gasteiger partial charge in [0.1, 0.15) is 17.8 Å². The Labute approximate surface area is 286 Å². The van der Waals surface area contributed by atoms with Gasteiger partial charge in [0, 0.05) is 6.08 Å². The van der Waals surface area contributed by atoms with E-state index >= 15 is 0 Å². The number of hydrogen-bond donors (Lipinski definition) is 6. The number of rotatable bonds is 19. The molecule has 16 heteroatoms. The Balaban J connectivity index is -0.000000118. The first-order chi connectivity index (χ1) is 21.9. The largest absolute Gasteiger partial charge is 0.481 e. The fourth-order valence-corrected chi connectivity index (χ4v) is 1.93. The van der Waals surface area contributed by atoms with Crippen molar-refractivity contribution in [2.24, 2.45) is 0 Å². The smallest absolute Gasteiger partial charge is 0.330 e. The molecule has 48 heavy (non-hydrogen) atoms. The van der Waals surface area contributed by atoms with E-state index in [4.69, 9.17) is 49.6 Å². The van der Waals surface area contributed by atoms with Crippen LogP contribution in [0.2, 0.25) is 0 Å². The Morgan fingerprint density at radius 3 is 1.23 bits per heavy atom. The second-order valence-electron chi connectivity index (χ2n) is 10.4. The monoisotopic (exact) mass is 704 g/mol. The number of carboxylic acid groups (broad SMARTS) is 1. The van der Waals surface area contributed by atoms with Crippen molar-refractivity contribution >= 4 is 23.9 Å². The summed E-state index contributed by atoms with van der Waals surface area (Å²) in [4.78, 5) is 42.1. The van der Waals surface area contributed by atoms with Crippen LogP contribution in [-0.2, 0) is 47.6 Å². The van der Waals surface area contributed by atoms with Crippen molar-refractivity contribution in [1.29, 1.82) is 0 Å². The van der Waals surface area contributed by atoms with Gasteiger partial charge in [-0.1, -0.05) is 26.7 Å². The molecule has 0 aliphatic heterocycles. The third-order valence-electron chi connectivity index (χ3n) is 3.52. The van der Waals surface area contributed by atoms with Crippen molar-refractivity contribution in [2.45, 2.75) is 79.4 Å². The first-order valence-corrected chi connectivity index (χ1v) is 14.7. The van der Waals surface area contributed by atoms with Crippen LogP contribution in [0.15, 0.2) is 25.3 Å². The highest BCUT2D eigenvalue weighted by atomic mass is 16.6. The van der Waals surface area contributed by atoms with Gasteiger partial charge in [0.15, 0.2) is 0 Å². The van der Waals surface area contributed by atoms with Gasteiger partial charge in [-0.25, -0.2) is 4.79 Å². The number of hydrogen-bond acceptors (Lipinski definition) is 15. The molecule has 6 N–H and O–H groups in total. The van der Waals surface area contributed by atoms with Crippen molar-refractivity contribution in [3.8, 4) is 0 Å². The van der Waals surface area contributed by atoms with Crippen LogP contribution in [0.1, 0.15) is 68.2 Å². The zero-order valence-electron chi connectivity index (χ0n) is 28.9. The summed E-state index contributed by atoms with van der Waals surface area (Å²) in [6.07, 6.45) is 3.11. The summed E-state index contributed by atoms with van der Waals surface area (Å²) >= 11 is 0. The molecule has 0 bridgehead atoms. The van der Waals surface area contributed by atoms with Gasteiger partial charge in [-0.05, 0) is 41.5 Å². The lowest BCUT2D eigenvalue weighted by molar-refractivity contribution is -0.156. The number of aliphatic carboxylic acids is 1. The van der Waals surface area contributed by atoms with E-state index in [2.05, 4.69) is 22.6 Å². The number of carbonyl (C=O) groups excluding carboxylic acids is 3. The second-order valence-corrected chi connectivity index (χ2v) is 10.4. The van der Waals surface area contributed by atoms with E-state index in [1.807, 2.05) is 41.5 Å². The van der Waals surface area contributed by atoms with Crippen molar-refractivity contribution in [2.75, 3.05) is 79.3 Å².